The Bertz CT molecular complexity index is 1020. The molecule has 0 unspecified atom stereocenters. The van der Waals surface area contributed by atoms with Crippen molar-refractivity contribution < 1.29 is 4.79 Å². The van der Waals surface area contributed by atoms with Crippen molar-refractivity contribution in [1.82, 2.24) is 5.01 Å². The summed E-state index contributed by atoms with van der Waals surface area (Å²) in [6, 6.07) is 16.7. The van der Waals surface area contributed by atoms with Crippen molar-refractivity contribution in [3.63, 3.8) is 0 Å². The van der Waals surface area contributed by atoms with Crippen LogP contribution in [0.4, 0.5) is 0 Å². The number of aliphatic imine (C=N–C) groups is 1. The van der Waals surface area contributed by atoms with Crippen LogP contribution in [0.15, 0.2) is 58.6 Å². The zero-order chi connectivity index (χ0) is 18.1. The van der Waals surface area contributed by atoms with Crippen molar-refractivity contribution >= 4 is 17.5 Å². The number of hydrazone groups is 1. The highest BCUT2D eigenvalue weighted by atomic mass is 16.2. The van der Waals surface area contributed by atoms with Crippen LogP contribution in [0.2, 0.25) is 0 Å². The molecular weight excluding hydrogens is 334 g/mol. The third-order valence-corrected chi connectivity index (χ3v) is 6.79. The van der Waals surface area contributed by atoms with Crippen LogP contribution in [0.1, 0.15) is 41.5 Å². The molecular formula is C23H21N3O. The second-order valence-corrected chi connectivity index (χ2v) is 8.31. The molecule has 6 rings (SSSR count). The molecule has 1 amide bonds. The van der Waals surface area contributed by atoms with Gasteiger partial charge in [-0.05, 0) is 38.0 Å². The number of benzene rings is 2. The maximum absolute atomic E-state index is 13.4. The number of carbonyl (C=O) groups is 1. The van der Waals surface area contributed by atoms with Gasteiger partial charge in [-0.1, -0.05) is 54.1 Å². The van der Waals surface area contributed by atoms with Crippen molar-refractivity contribution in [3.05, 3.63) is 70.8 Å². The normalized spacial score (nSPS) is 30.4. The zero-order valence-corrected chi connectivity index (χ0v) is 15.3. The Morgan fingerprint density at radius 2 is 1.70 bits per heavy atom. The lowest BCUT2D eigenvalue weighted by Crippen LogP contribution is -2.51. The Hall–Kier alpha value is -2.75. The first kappa shape index (κ1) is 15.3. The summed E-state index contributed by atoms with van der Waals surface area (Å²) in [7, 11) is 0. The van der Waals surface area contributed by atoms with E-state index in [1.807, 2.05) is 12.1 Å². The topological polar surface area (TPSA) is 45.0 Å². The van der Waals surface area contributed by atoms with Gasteiger partial charge in [-0.25, -0.2) is 0 Å². The van der Waals surface area contributed by atoms with Crippen LogP contribution in [0.25, 0.3) is 0 Å². The van der Waals surface area contributed by atoms with Crippen LogP contribution < -0.4 is 0 Å². The molecule has 0 N–H and O–H groups in total. The summed E-state index contributed by atoms with van der Waals surface area (Å²) < 4.78 is 0. The third-order valence-electron chi connectivity index (χ3n) is 6.79. The SMILES string of the molecule is Cc1ccc(C2=NN3C(=O)[C@@H]4[C@H]5CC[C@H](C5)[C@@H]4N=C3c3ccccc32)cc1. The number of amidine groups is 1. The minimum Gasteiger partial charge on any atom is -0.272 e. The lowest BCUT2D eigenvalue weighted by Gasteiger charge is -2.38. The fraction of sp³-hybridized carbons (Fsp3) is 0.348. The summed E-state index contributed by atoms with van der Waals surface area (Å²) in [5.41, 5.74) is 5.20. The fourth-order valence-corrected chi connectivity index (χ4v) is 5.48. The Morgan fingerprint density at radius 1 is 0.963 bits per heavy atom. The van der Waals surface area contributed by atoms with Crippen molar-refractivity contribution in [1.29, 1.82) is 0 Å². The molecule has 2 aromatic rings. The van der Waals surface area contributed by atoms with Crippen LogP contribution in [0.3, 0.4) is 0 Å². The number of hydrogen-bond acceptors (Lipinski definition) is 3. The summed E-state index contributed by atoms with van der Waals surface area (Å²) in [5.74, 6) is 2.00. The van der Waals surface area contributed by atoms with Crippen LogP contribution in [-0.4, -0.2) is 28.5 Å². The number of amides is 1. The molecule has 2 aliphatic carbocycles. The molecule has 0 saturated heterocycles. The van der Waals surface area contributed by atoms with E-state index in [-0.39, 0.29) is 17.9 Å². The smallest absolute Gasteiger partial charge is 0.254 e. The van der Waals surface area contributed by atoms with E-state index in [1.165, 1.54) is 18.4 Å². The average molecular weight is 355 g/mol. The Kier molecular flexibility index (Phi) is 3.05. The van der Waals surface area contributed by atoms with E-state index in [9.17, 15) is 4.79 Å². The lowest BCUT2D eigenvalue weighted by molar-refractivity contribution is -0.134. The molecule has 4 atom stereocenters. The van der Waals surface area contributed by atoms with Crippen LogP contribution >= 0.6 is 0 Å². The number of fused-ring (bicyclic) bond motifs is 8. The van der Waals surface area contributed by atoms with Gasteiger partial charge in [0.2, 0.25) is 0 Å². The zero-order valence-electron chi connectivity index (χ0n) is 15.3. The Labute approximate surface area is 158 Å². The van der Waals surface area contributed by atoms with E-state index in [0.29, 0.717) is 11.8 Å². The van der Waals surface area contributed by atoms with Gasteiger partial charge in [0.1, 0.15) is 0 Å². The Balaban J connectivity index is 1.54. The summed E-state index contributed by atoms with van der Waals surface area (Å²) in [6.07, 6.45) is 3.54. The maximum Gasteiger partial charge on any atom is 0.254 e. The molecule has 4 aliphatic rings. The second kappa shape index (κ2) is 5.38. The van der Waals surface area contributed by atoms with Crippen LogP contribution in [0, 0.1) is 24.7 Å². The first-order valence-electron chi connectivity index (χ1n) is 9.88. The summed E-state index contributed by atoms with van der Waals surface area (Å²) in [6.45, 7) is 2.08. The summed E-state index contributed by atoms with van der Waals surface area (Å²) in [5, 5.41) is 6.45. The molecule has 2 saturated carbocycles. The number of aryl methyl sites for hydroxylation is 1. The van der Waals surface area contributed by atoms with E-state index >= 15 is 0 Å². The monoisotopic (exact) mass is 355 g/mol. The van der Waals surface area contributed by atoms with Crippen LogP contribution in [0.5, 0.6) is 0 Å². The van der Waals surface area contributed by atoms with E-state index < -0.39 is 0 Å². The van der Waals surface area contributed by atoms with Gasteiger partial charge in [-0.15, -0.1) is 0 Å². The minimum atomic E-state index is 0.0285. The molecule has 0 aromatic heterocycles. The highest BCUT2D eigenvalue weighted by Gasteiger charge is 2.55. The van der Waals surface area contributed by atoms with E-state index in [4.69, 9.17) is 10.1 Å². The highest BCUT2D eigenvalue weighted by molar-refractivity contribution is 6.24. The third kappa shape index (κ3) is 2.07. The fourth-order valence-electron chi connectivity index (χ4n) is 5.48. The first-order valence-corrected chi connectivity index (χ1v) is 9.88. The minimum absolute atomic E-state index is 0.0285. The molecule has 2 heterocycles. The number of carbonyl (C=O) groups excluding carboxylic acids is 1. The van der Waals surface area contributed by atoms with Gasteiger partial charge in [0.15, 0.2) is 5.84 Å². The molecule has 27 heavy (non-hydrogen) atoms. The predicted molar refractivity (Wildman–Crippen MR) is 105 cm³/mol. The summed E-state index contributed by atoms with van der Waals surface area (Å²) in [4.78, 5) is 18.5. The van der Waals surface area contributed by atoms with Crippen molar-refractivity contribution in [3.8, 4) is 0 Å². The molecule has 4 heteroatoms. The largest absolute Gasteiger partial charge is 0.272 e. The van der Waals surface area contributed by atoms with Gasteiger partial charge in [-0.2, -0.15) is 10.1 Å². The quantitative estimate of drug-likeness (QED) is 0.768. The number of hydrogen-bond donors (Lipinski definition) is 0. The van der Waals surface area contributed by atoms with Crippen molar-refractivity contribution in [2.45, 2.75) is 32.2 Å². The number of nitrogens with zero attached hydrogens (tertiary/aromatic N) is 3. The van der Waals surface area contributed by atoms with Gasteiger partial charge < -0.3 is 0 Å². The van der Waals surface area contributed by atoms with Crippen LogP contribution in [-0.2, 0) is 4.79 Å². The molecule has 2 fully saturated rings. The van der Waals surface area contributed by atoms with Gasteiger partial charge in [0, 0.05) is 16.7 Å². The van der Waals surface area contributed by atoms with Gasteiger partial charge in [-0.3, -0.25) is 9.79 Å². The van der Waals surface area contributed by atoms with Crippen molar-refractivity contribution in [2.24, 2.45) is 27.8 Å². The molecule has 2 aliphatic heterocycles. The molecule has 134 valence electrons. The first-order chi connectivity index (χ1) is 13.2. The maximum atomic E-state index is 13.4. The second-order valence-electron chi connectivity index (χ2n) is 8.31. The van der Waals surface area contributed by atoms with Gasteiger partial charge in [0.25, 0.3) is 5.91 Å². The molecule has 4 nitrogen and oxygen atoms in total. The van der Waals surface area contributed by atoms with Crippen molar-refractivity contribution in [2.75, 3.05) is 0 Å². The lowest BCUT2D eigenvalue weighted by atomic mass is 9.82. The molecule has 2 bridgehead atoms. The van der Waals surface area contributed by atoms with E-state index in [2.05, 4.69) is 43.3 Å². The Morgan fingerprint density at radius 3 is 2.52 bits per heavy atom. The number of rotatable bonds is 1. The van der Waals surface area contributed by atoms with Gasteiger partial charge in [0.05, 0.1) is 17.7 Å². The highest BCUT2D eigenvalue weighted by Crippen LogP contribution is 2.52. The molecule has 0 radical (unpaired) electrons. The van der Waals surface area contributed by atoms with E-state index in [1.54, 1.807) is 5.01 Å². The van der Waals surface area contributed by atoms with E-state index in [0.717, 1.165) is 34.7 Å². The average Bonchev–Trinajstić information content (AvgIpc) is 3.31. The molecule has 0 spiro atoms. The molecule has 2 aromatic carbocycles. The predicted octanol–water partition coefficient (Wildman–Crippen LogP) is 3.76. The standard InChI is InChI=1S/C23H21N3O/c1-13-6-8-14(9-7-13)20-17-4-2-3-5-18(17)22-24-21-16-11-10-15(12-16)19(21)23(27)26(22)25-20/h2-9,15-16,19,21H,10-12H2,1H3/t15-,16+,19+,21-/m0/s1. The van der Waals surface area contributed by atoms with Gasteiger partial charge >= 0.3 is 0 Å². The summed E-state index contributed by atoms with van der Waals surface area (Å²) >= 11 is 0.